The largest absolute Gasteiger partial charge is 1.00 e. The number of likely N-dealkylation sites (N-methyl/N-ethyl adjacent to an activating group) is 1. The lowest BCUT2D eigenvalue weighted by molar-refractivity contribution is -0.918. The smallest absolute Gasteiger partial charge is 0.479 e. The number of unbranched alkanes of at least 4 members (excludes halogenated alkanes) is 3. The summed E-state index contributed by atoms with van der Waals surface area (Å²) in [7, 11) is -2.46. The zero-order valence-corrected chi connectivity index (χ0v) is 24.5. The second kappa shape index (κ2) is 14.2. The number of ether oxygens (including phenoxy) is 2. The number of phosphoric ester groups is 1. The molecule has 13 heteroatoms. The number of phosphoric acid groups is 1. The van der Waals surface area contributed by atoms with E-state index in [2.05, 4.69) is 21.7 Å². The molecule has 34 heavy (non-hydrogen) atoms. The minimum atomic E-state index is -4.39. The van der Waals surface area contributed by atoms with Crippen LogP contribution >= 0.6 is 19.6 Å². The number of hydrogen-bond donors (Lipinski definition) is 1. The van der Waals surface area contributed by atoms with Crippen LogP contribution in [0.2, 0.25) is 0 Å². The second-order valence-electron chi connectivity index (χ2n) is 9.50. The zero-order valence-electron chi connectivity index (χ0n) is 20.6. The Morgan fingerprint density at radius 1 is 1.24 bits per heavy atom. The fourth-order valence-electron chi connectivity index (χ4n) is 3.17. The Bertz CT molecular complexity index is 862. The summed E-state index contributed by atoms with van der Waals surface area (Å²) in [4.78, 5) is 21.7. The van der Waals surface area contributed by atoms with Gasteiger partial charge in [0.15, 0.2) is 6.73 Å². The van der Waals surface area contributed by atoms with Crippen LogP contribution in [0.4, 0.5) is 0 Å². The zero-order chi connectivity index (χ0) is 24.5. The Hall–Kier alpha value is -0.630. The van der Waals surface area contributed by atoms with Gasteiger partial charge in [-0.3, -0.25) is 9.28 Å². The SMILES string of the molecule is CCCCCCOc1nsnc1C1=CCC[N+](C)(COP(=O)(O)OCOC(=O)C(C)(C)C)C1.[I-]. The van der Waals surface area contributed by atoms with Crippen LogP contribution in [0.3, 0.4) is 0 Å². The summed E-state index contributed by atoms with van der Waals surface area (Å²) >= 11 is 1.11. The Labute approximate surface area is 223 Å². The maximum absolute atomic E-state index is 12.2. The third-order valence-electron chi connectivity index (χ3n) is 5.16. The third-order valence-corrected chi connectivity index (χ3v) is 6.55. The number of quaternary nitrogens is 1. The number of carbonyl (C=O) groups excluding carboxylic acids is 1. The van der Waals surface area contributed by atoms with Crippen LogP contribution in [0.25, 0.3) is 5.57 Å². The van der Waals surface area contributed by atoms with Gasteiger partial charge in [0, 0.05) is 12.0 Å². The van der Waals surface area contributed by atoms with Crippen molar-refractivity contribution < 1.29 is 61.2 Å². The molecule has 0 bridgehead atoms. The number of aromatic nitrogens is 2. The molecule has 0 radical (unpaired) electrons. The summed E-state index contributed by atoms with van der Waals surface area (Å²) in [5.41, 5.74) is 0.955. The Morgan fingerprint density at radius 2 is 1.97 bits per heavy atom. The van der Waals surface area contributed by atoms with Crippen molar-refractivity contribution in [2.45, 2.75) is 59.8 Å². The molecule has 0 fully saturated rings. The van der Waals surface area contributed by atoms with Gasteiger partial charge in [-0.25, -0.2) is 13.6 Å². The highest BCUT2D eigenvalue weighted by molar-refractivity contribution is 7.47. The van der Waals surface area contributed by atoms with Crippen LogP contribution in [0, 0.1) is 5.41 Å². The molecular weight excluding hydrogens is 596 g/mol. The molecule has 2 heterocycles. The molecule has 1 N–H and O–H groups in total. The van der Waals surface area contributed by atoms with Gasteiger partial charge in [0.1, 0.15) is 12.2 Å². The first kappa shape index (κ1) is 31.4. The normalized spacial score (nSPS) is 20.1. The molecule has 0 spiro atoms. The number of nitrogens with zero attached hydrogens (tertiary/aromatic N) is 3. The topological polar surface area (TPSA) is 117 Å². The summed E-state index contributed by atoms with van der Waals surface area (Å²) in [6, 6.07) is 0. The van der Waals surface area contributed by atoms with Crippen molar-refractivity contribution in [3.8, 4) is 5.88 Å². The van der Waals surface area contributed by atoms with Gasteiger partial charge >= 0.3 is 13.8 Å². The van der Waals surface area contributed by atoms with Crippen molar-refractivity contribution in [3.63, 3.8) is 0 Å². The number of hydrogen-bond acceptors (Lipinski definition) is 9. The molecule has 196 valence electrons. The number of carbonyl (C=O) groups is 1. The van der Waals surface area contributed by atoms with Gasteiger partial charge < -0.3 is 38.3 Å². The summed E-state index contributed by atoms with van der Waals surface area (Å²) in [5, 5.41) is 0. The van der Waals surface area contributed by atoms with Crippen LogP contribution in [-0.2, 0) is 23.1 Å². The van der Waals surface area contributed by atoms with Gasteiger partial charge in [-0.15, -0.1) is 4.37 Å². The number of halogens is 1. The first-order valence-electron chi connectivity index (χ1n) is 11.2. The van der Waals surface area contributed by atoms with E-state index >= 15 is 0 Å². The molecular formula is C21H37IN3O7PS. The van der Waals surface area contributed by atoms with Crippen molar-refractivity contribution >= 4 is 31.1 Å². The molecule has 0 saturated heterocycles. The van der Waals surface area contributed by atoms with Gasteiger partial charge in [-0.05, 0) is 27.2 Å². The van der Waals surface area contributed by atoms with Crippen LogP contribution in [-0.4, -0.2) is 64.4 Å². The van der Waals surface area contributed by atoms with Gasteiger partial charge in [0.2, 0.25) is 6.79 Å². The fraction of sp³-hybridized carbons (Fsp3) is 0.762. The van der Waals surface area contributed by atoms with Crippen molar-refractivity contribution in [1.29, 1.82) is 0 Å². The van der Waals surface area contributed by atoms with E-state index in [0.29, 0.717) is 30.1 Å². The van der Waals surface area contributed by atoms with Crippen molar-refractivity contribution in [2.24, 2.45) is 5.41 Å². The quantitative estimate of drug-likeness (QED) is 0.0859. The molecule has 1 aliphatic rings. The van der Waals surface area contributed by atoms with E-state index < -0.39 is 26.0 Å². The lowest BCUT2D eigenvalue weighted by Gasteiger charge is -2.37. The Kier molecular flexibility index (Phi) is 13.1. The molecule has 2 rings (SSSR count). The van der Waals surface area contributed by atoms with E-state index in [4.69, 9.17) is 18.5 Å². The van der Waals surface area contributed by atoms with Gasteiger partial charge in [0.05, 0.1) is 37.3 Å². The van der Waals surface area contributed by atoms with Gasteiger partial charge in [-0.1, -0.05) is 32.3 Å². The van der Waals surface area contributed by atoms with E-state index in [1.165, 1.54) is 12.8 Å². The maximum Gasteiger partial charge on any atom is 0.479 e. The monoisotopic (exact) mass is 633 g/mol. The van der Waals surface area contributed by atoms with Crippen LogP contribution in [0.5, 0.6) is 5.88 Å². The average molecular weight is 633 g/mol. The van der Waals surface area contributed by atoms with E-state index in [-0.39, 0.29) is 30.7 Å². The minimum Gasteiger partial charge on any atom is -1.00 e. The highest BCUT2D eigenvalue weighted by Gasteiger charge is 2.34. The highest BCUT2D eigenvalue weighted by Crippen LogP contribution is 2.44. The molecule has 0 amide bonds. The summed E-state index contributed by atoms with van der Waals surface area (Å²) < 4.78 is 42.1. The molecule has 0 saturated carbocycles. The standard InChI is InChI=1S/C21H36N3O7PS.HI/c1-6-7-8-9-13-28-19-18(22-33-23-19)17-11-10-12-24(5,14-17)15-30-32(26,27)31-16-29-20(25)21(2,3)4;/h11H,6-10,12-16H2,1-5H3;1H. The Morgan fingerprint density at radius 3 is 2.65 bits per heavy atom. The fourth-order valence-corrected chi connectivity index (χ4v) is 4.38. The first-order valence-corrected chi connectivity index (χ1v) is 13.5. The van der Waals surface area contributed by atoms with E-state index in [1.807, 2.05) is 7.05 Å². The predicted octanol–water partition coefficient (Wildman–Crippen LogP) is 1.37. The molecule has 1 aliphatic heterocycles. The van der Waals surface area contributed by atoms with Crippen molar-refractivity contribution in [2.75, 3.05) is 40.3 Å². The molecule has 1 aromatic heterocycles. The van der Waals surface area contributed by atoms with E-state index in [1.54, 1.807) is 20.8 Å². The molecule has 0 aromatic carbocycles. The van der Waals surface area contributed by atoms with Gasteiger partial charge in [0.25, 0.3) is 5.88 Å². The third kappa shape index (κ3) is 10.5. The van der Waals surface area contributed by atoms with E-state index in [0.717, 1.165) is 42.3 Å². The molecule has 10 nitrogen and oxygen atoms in total. The van der Waals surface area contributed by atoms with Crippen LogP contribution in [0.1, 0.15) is 65.5 Å². The number of rotatable bonds is 13. The summed E-state index contributed by atoms with van der Waals surface area (Å²) in [5.74, 6) is 0.00139. The number of esters is 1. The summed E-state index contributed by atoms with van der Waals surface area (Å²) in [6.07, 6.45) is 7.30. The van der Waals surface area contributed by atoms with E-state index in [9.17, 15) is 14.3 Å². The Balaban J connectivity index is 0.00000578. The molecule has 2 unspecified atom stereocenters. The first-order chi connectivity index (χ1) is 15.5. The minimum absolute atomic E-state index is 0. The summed E-state index contributed by atoms with van der Waals surface area (Å²) in [6.45, 7) is 8.36. The van der Waals surface area contributed by atoms with Crippen LogP contribution in [0.15, 0.2) is 6.08 Å². The maximum atomic E-state index is 12.2. The van der Waals surface area contributed by atoms with Crippen molar-refractivity contribution in [3.05, 3.63) is 11.8 Å². The molecule has 0 aliphatic carbocycles. The molecule has 1 aromatic rings. The lowest BCUT2D eigenvalue weighted by atomic mass is 9.98. The van der Waals surface area contributed by atoms with Crippen molar-refractivity contribution in [1.82, 2.24) is 8.75 Å². The molecule has 2 atom stereocenters. The second-order valence-corrected chi connectivity index (χ2v) is 11.5. The highest BCUT2D eigenvalue weighted by atomic mass is 127. The predicted molar refractivity (Wildman–Crippen MR) is 125 cm³/mol. The van der Waals surface area contributed by atoms with Crippen LogP contribution < -0.4 is 28.7 Å². The van der Waals surface area contributed by atoms with Gasteiger partial charge in [-0.2, -0.15) is 4.37 Å². The lowest BCUT2D eigenvalue weighted by Crippen LogP contribution is -3.00. The average Bonchev–Trinajstić information content (AvgIpc) is 3.20.